The van der Waals surface area contributed by atoms with Crippen LogP contribution in [0.4, 0.5) is 10.1 Å². The van der Waals surface area contributed by atoms with E-state index in [1.807, 2.05) is 30.3 Å². The van der Waals surface area contributed by atoms with Gasteiger partial charge in [0.1, 0.15) is 5.82 Å². The predicted octanol–water partition coefficient (Wildman–Crippen LogP) is 4.59. The van der Waals surface area contributed by atoms with Gasteiger partial charge in [0, 0.05) is 22.9 Å². The molecule has 21 heavy (non-hydrogen) atoms. The number of aromatic nitrogens is 2. The fraction of sp³-hybridized carbons (Fsp3) is 0.0625. The van der Waals surface area contributed by atoms with Crippen LogP contribution in [0.2, 0.25) is 0 Å². The monoisotopic (exact) mass is 345 g/mol. The molecular formula is C16H13BrFN3. The number of hydrogen-bond donors (Lipinski definition) is 2. The minimum atomic E-state index is -0.232. The van der Waals surface area contributed by atoms with E-state index < -0.39 is 0 Å². The third-order valence-electron chi connectivity index (χ3n) is 3.19. The Labute approximate surface area is 130 Å². The molecule has 0 amide bonds. The summed E-state index contributed by atoms with van der Waals surface area (Å²) in [6, 6.07) is 14.6. The lowest BCUT2D eigenvalue weighted by molar-refractivity contribution is 0.625. The summed E-state index contributed by atoms with van der Waals surface area (Å²) in [5.41, 5.74) is 3.92. The molecule has 5 heteroatoms. The van der Waals surface area contributed by atoms with Crippen LogP contribution in [0.15, 0.2) is 59.2 Å². The van der Waals surface area contributed by atoms with Crippen molar-refractivity contribution >= 4 is 21.6 Å². The van der Waals surface area contributed by atoms with E-state index in [2.05, 4.69) is 31.4 Å². The first-order valence-corrected chi connectivity index (χ1v) is 7.29. The van der Waals surface area contributed by atoms with Crippen LogP contribution in [-0.2, 0) is 6.54 Å². The number of nitrogens with one attached hydrogen (secondary N) is 2. The van der Waals surface area contributed by atoms with Crippen LogP contribution in [0.25, 0.3) is 11.3 Å². The molecule has 0 unspecified atom stereocenters. The summed E-state index contributed by atoms with van der Waals surface area (Å²) in [6.07, 6.45) is 1.73. The summed E-state index contributed by atoms with van der Waals surface area (Å²) < 4.78 is 14.1. The van der Waals surface area contributed by atoms with Crippen molar-refractivity contribution in [3.8, 4) is 11.3 Å². The van der Waals surface area contributed by atoms with Gasteiger partial charge in [0.15, 0.2) is 0 Å². The summed E-state index contributed by atoms with van der Waals surface area (Å²) in [6.45, 7) is 0.557. The minimum Gasteiger partial charge on any atom is -0.381 e. The number of hydrogen-bond acceptors (Lipinski definition) is 2. The van der Waals surface area contributed by atoms with Gasteiger partial charge in [0.05, 0.1) is 5.69 Å². The third-order valence-corrected chi connectivity index (χ3v) is 3.96. The van der Waals surface area contributed by atoms with Gasteiger partial charge < -0.3 is 5.32 Å². The molecular weight excluding hydrogens is 333 g/mol. The van der Waals surface area contributed by atoms with E-state index in [-0.39, 0.29) is 5.82 Å². The van der Waals surface area contributed by atoms with Crippen LogP contribution in [0.1, 0.15) is 5.56 Å². The molecule has 106 valence electrons. The van der Waals surface area contributed by atoms with E-state index in [0.717, 1.165) is 27.0 Å². The molecule has 0 aliphatic heterocycles. The summed E-state index contributed by atoms with van der Waals surface area (Å²) >= 11 is 3.42. The maximum Gasteiger partial charge on any atom is 0.123 e. The second kappa shape index (κ2) is 6.10. The predicted molar refractivity (Wildman–Crippen MR) is 85.5 cm³/mol. The third kappa shape index (κ3) is 3.31. The van der Waals surface area contributed by atoms with Crippen molar-refractivity contribution in [2.24, 2.45) is 0 Å². The zero-order valence-electron chi connectivity index (χ0n) is 11.1. The van der Waals surface area contributed by atoms with Crippen LogP contribution in [-0.4, -0.2) is 10.2 Å². The standard InChI is InChI=1S/C16H13BrFN3/c17-15-6-3-13(18)9-12(15)10-19-14-4-1-11(2-5-14)16-7-8-20-21-16/h1-9,19H,10H2,(H,20,21). The smallest absolute Gasteiger partial charge is 0.123 e. The Kier molecular flexibility index (Phi) is 4.01. The van der Waals surface area contributed by atoms with Crippen molar-refractivity contribution in [1.29, 1.82) is 0 Å². The molecule has 0 aliphatic rings. The van der Waals surface area contributed by atoms with Gasteiger partial charge in [-0.25, -0.2) is 4.39 Å². The van der Waals surface area contributed by atoms with Gasteiger partial charge in [-0.2, -0.15) is 5.10 Å². The first-order chi connectivity index (χ1) is 10.2. The lowest BCUT2D eigenvalue weighted by Crippen LogP contribution is -2.00. The summed E-state index contributed by atoms with van der Waals surface area (Å²) in [4.78, 5) is 0. The molecule has 0 saturated carbocycles. The van der Waals surface area contributed by atoms with E-state index in [1.54, 1.807) is 12.3 Å². The lowest BCUT2D eigenvalue weighted by Gasteiger charge is -2.09. The van der Waals surface area contributed by atoms with Crippen molar-refractivity contribution in [1.82, 2.24) is 10.2 Å². The van der Waals surface area contributed by atoms with E-state index in [0.29, 0.717) is 6.54 Å². The highest BCUT2D eigenvalue weighted by atomic mass is 79.9. The molecule has 0 fully saturated rings. The first kappa shape index (κ1) is 13.8. The van der Waals surface area contributed by atoms with Gasteiger partial charge in [-0.15, -0.1) is 0 Å². The molecule has 3 rings (SSSR count). The Bertz CT molecular complexity index is 724. The van der Waals surface area contributed by atoms with Crippen molar-refractivity contribution in [3.63, 3.8) is 0 Å². The topological polar surface area (TPSA) is 40.7 Å². The van der Waals surface area contributed by atoms with Crippen LogP contribution in [0.3, 0.4) is 0 Å². The maximum atomic E-state index is 13.2. The number of H-pyrrole nitrogens is 1. The first-order valence-electron chi connectivity index (χ1n) is 6.50. The summed E-state index contributed by atoms with van der Waals surface area (Å²) in [5.74, 6) is -0.232. The number of halogens is 2. The minimum absolute atomic E-state index is 0.232. The zero-order valence-corrected chi connectivity index (χ0v) is 12.7. The molecule has 2 N–H and O–H groups in total. The quantitative estimate of drug-likeness (QED) is 0.725. The Hall–Kier alpha value is -2.14. The van der Waals surface area contributed by atoms with E-state index in [9.17, 15) is 4.39 Å². The van der Waals surface area contributed by atoms with Crippen LogP contribution in [0, 0.1) is 5.82 Å². The van der Waals surface area contributed by atoms with Gasteiger partial charge in [0.2, 0.25) is 0 Å². The number of anilines is 1. The Balaban J connectivity index is 1.70. The van der Waals surface area contributed by atoms with Crippen LogP contribution < -0.4 is 5.32 Å². The maximum absolute atomic E-state index is 13.2. The van der Waals surface area contributed by atoms with Gasteiger partial charge >= 0.3 is 0 Å². The normalized spacial score (nSPS) is 10.6. The molecule has 1 heterocycles. The van der Waals surface area contributed by atoms with E-state index >= 15 is 0 Å². The molecule has 3 nitrogen and oxygen atoms in total. The van der Waals surface area contributed by atoms with Gasteiger partial charge in [-0.1, -0.05) is 28.1 Å². The fourth-order valence-corrected chi connectivity index (χ4v) is 2.45. The summed E-state index contributed by atoms with van der Waals surface area (Å²) in [5, 5.41) is 10.1. The fourth-order valence-electron chi connectivity index (χ4n) is 2.06. The Morgan fingerprint density at radius 2 is 1.90 bits per heavy atom. The molecule has 2 aromatic carbocycles. The molecule has 1 aromatic heterocycles. The van der Waals surface area contributed by atoms with E-state index in [1.165, 1.54) is 12.1 Å². The average Bonchev–Trinajstić information content (AvgIpc) is 3.03. The van der Waals surface area contributed by atoms with Gasteiger partial charge in [-0.05, 0) is 47.5 Å². The van der Waals surface area contributed by atoms with Crippen LogP contribution in [0.5, 0.6) is 0 Å². The van der Waals surface area contributed by atoms with Crippen molar-refractivity contribution < 1.29 is 4.39 Å². The lowest BCUT2D eigenvalue weighted by atomic mass is 10.1. The molecule has 0 aliphatic carbocycles. The Morgan fingerprint density at radius 3 is 2.62 bits per heavy atom. The Morgan fingerprint density at radius 1 is 1.10 bits per heavy atom. The number of nitrogens with zero attached hydrogens (tertiary/aromatic N) is 1. The highest BCUT2D eigenvalue weighted by Crippen LogP contribution is 2.21. The van der Waals surface area contributed by atoms with Gasteiger partial charge in [-0.3, -0.25) is 5.10 Å². The van der Waals surface area contributed by atoms with E-state index in [4.69, 9.17) is 0 Å². The molecule has 3 aromatic rings. The number of rotatable bonds is 4. The number of aromatic amines is 1. The molecule has 0 bridgehead atoms. The molecule has 0 radical (unpaired) electrons. The van der Waals surface area contributed by atoms with Crippen molar-refractivity contribution in [3.05, 3.63) is 70.6 Å². The molecule has 0 spiro atoms. The molecule has 0 atom stereocenters. The van der Waals surface area contributed by atoms with Crippen molar-refractivity contribution in [2.75, 3.05) is 5.32 Å². The highest BCUT2D eigenvalue weighted by Gasteiger charge is 2.03. The van der Waals surface area contributed by atoms with Crippen molar-refractivity contribution in [2.45, 2.75) is 6.54 Å². The second-order valence-corrected chi connectivity index (χ2v) is 5.49. The largest absolute Gasteiger partial charge is 0.381 e. The SMILES string of the molecule is Fc1ccc(Br)c(CNc2ccc(-c3ccn[nH]3)cc2)c1. The van der Waals surface area contributed by atoms with Crippen LogP contribution >= 0.6 is 15.9 Å². The zero-order chi connectivity index (χ0) is 14.7. The summed E-state index contributed by atoms with van der Waals surface area (Å²) in [7, 11) is 0. The molecule has 0 saturated heterocycles. The second-order valence-electron chi connectivity index (χ2n) is 4.64. The van der Waals surface area contributed by atoms with Gasteiger partial charge in [0.25, 0.3) is 0 Å². The highest BCUT2D eigenvalue weighted by molar-refractivity contribution is 9.10. The average molecular weight is 346 g/mol. The number of benzene rings is 2.